The van der Waals surface area contributed by atoms with E-state index in [1.807, 2.05) is 25.1 Å². The summed E-state index contributed by atoms with van der Waals surface area (Å²) in [6.45, 7) is 3.49. The van der Waals surface area contributed by atoms with Crippen molar-refractivity contribution in [3.63, 3.8) is 0 Å². The molecular weight excluding hydrogens is 310 g/mol. The minimum atomic E-state index is 0.0202. The van der Waals surface area contributed by atoms with Crippen LogP contribution in [-0.2, 0) is 11.8 Å². The van der Waals surface area contributed by atoms with Crippen molar-refractivity contribution in [2.24, 2.45) is 7.05 Å². The topological polar surface area (TPSA) is 38.5 Å². The number of amides is 1. The smallest absolute Gasteiger partial charge is 0.279 e. The number of hydrogen-bond acceptors (Lipinski definition) is 1. The summed E-state index contributed by atoms with van der Waals surface area (Å²) < 4.78 is 2.16. The average Bonchev–Trinajstić information content (AvgIpc) is 3.10. The van der Waals surface area contributed by atoms with Gasteiger partial charge in [-0.3, -0.25) is 4.79 Å². The molecular formula is C18H23ClN3O+. The molecule has 0 saturated carbocycles. The first-order chi connectivity index (χ1) is 11.0. The van der Waals surface area contributed by atoms with Crippen LogP contribution >= 0.6 is 11.6 Å². The lowest BCUT2D eigenvalue weighted by atomic mass is 10.1. The number of nitrogens with zero attached hydrogens (tertiary/aromatic N) is 1. The lowest BCUT2D eigenvalue weighted by Gasteiger charge is -2.21. The zero-order valence-corrected chi connectivity index (χ0v) is 14.4. The molecule has 2 N–H and O–H groups in total. The number of carbonyl (C=O) groups excluding carboxylic acids is 1. The van der Waals surface area contributed by atoms with Crippen molar-refractivity contribution >= 4 is 23.2 Å². The van der Waals surface area contributed by atoms with Gasteiger partial charge in [0.15, 0.2) is 6.54 Å². The fourth-order valence-electron chi connectivity index (χ4n) is 3.44. The summed E-state index contributed by atoms with van der Waals surface area (Å²) in [4.78, 5) is 13.7. The molecule has 0 aliphatic carbocycles. The third-order valence-corrected chi connectivity index (χ3v) is 4.92. The van der Waals surface area contributed by atoms with E-state index in [2.05, 4.69) is 35.3 Å². The summed E-state index contributed by atoms with van der Waals surface area (Å²) in [5, 5.41) is 3.54. The number of quaternary nitrogens is 1. The van der Waals surface area contributed by atoms with Gasteiger partial charge in [-0.2, -0.15) is 0 Å². The molecule has 0 radical (unpaired) electrons. The van der Waals surface area contributed by atoms with Gasteiger partial charge in [-0.05, 0) is 36.8 Å². The number of anilines is 1. The second-order valence-electron chi connectivity index (χ2n) is 6.36. The molecule has 4 nitrogen and oxygen atoms in total. The molecule has 2 aromatic rings. The first kappa shape index (κ1) is 16.1. The van der Waals surface area contributed by atoms with E-state index in [1.54, 1.807) is 0 Å². The van der Waals surface area contributed by atoms with Gasteiger partial charge < -0.3 is 14.8 Å². The van der Waals surface area contributed by atoms with Crippen molar-refractivity contribution in [3.05, 3.63) is 52.8 Å². The molecule has 1 aliphatic heterocycles. The number of nitrogens with one attached hydrogen (secondary N) is 2. The minimum absolute atomic E-state index is 0.0202. The van der Waals surface area contributed by atoms with Crippen LogP contribution in [0.25, 0.3) is 0 Å². The quantitative estimate of drug-likeness (QED) is 0.886. The fourth-order valence-corrected chi connectivity index (χ4v) is 3.72. The molecule has 5 heteroatoms. The van der Waals surface area contributed by atoms with E-state index in [4.69, 9.17) is 11.6 Å². The van der Waals surface area contributed by atoms with Crippen LogP contribution in [0.15, 0.2) is 36.5 Å². The van der Waals surface area contributed by atoms with Gasteiger partial charge in [0.2, 0.25) is 0 Å². The minimum Gasteiger partial charge on any atom is -0.350 e. The van der Waals surface area contributed by atoms with Crippen molar-refractivity contribution < 1.29 is 9.69 Å². The Morgan fingerprint density at radius 2 is 2.26 bits per heavy atom. The van der Waals surface area contributed by atoms with Crippen molar-refractivity contribution in [2.45, 2.75) is 25.8 Å². The number of likely N-dealkylation sites (tertiary alicyclic amines) is 1. The largest absolute Gasteiger partial charge is 0.350 e. The molecule has 1 amide bonds. The van der Waals surface area contributed by atoms with Gasteiger partial charge in [0, 0.05) is 26.1 Å². The molecule has 23 heavy (non-hydrogen) atoms. The lowest BCUT2D eigenvalue weighted by molar-refractivity contribution is -0.910. The van der Waals surface area contributed by atoms with Gasteiger partial charge in [0.1, 0.15) is 6.04 Å². The third-order valence-electron chi connectivity index (χ3n) is 4.61. The Hall–Kier alpha value is -1.78. The van der Waals surface area contributed by atoms with Crippen molar-refractivity contribution in [2.75, 3.05) is 18.4 Å². The highest BCUT2D eigenvalue weighted by molar-refractivity contribution is 6.33. The standard InChI is InChI=1S/C18H22ClN3O/c1-13-7-8-15(14(19)11-13)20-18(23)12-22-10-4-6-17(22)16-5-3-9-21(16)2/h3,5,7-9,11,17H,4,6,10,12H2,1-2H3,(H,20,23)/p+1/t17-/m0/s1. The van der Waals surface area contributed by atoms with E-state index in [-0.39, 0.29) is 5.91 Å². The van der Waals surface area contributed by atoms with Crippen molar-refractivity contribution in [1.29, 1.82) is 0 Å². The van der Waals surface area contributed by atoms with Gasteiger partial charge in [0.25, 0.3) is 5.91 Å². The van der Waals surface area contributed by atoms with Crippen LogP contribution in [0.2, 0.25) is 5.02 Å². The molecule has 122 valence electrons. The Morgan fingerprint density at radius 1 is 1.43 bits per heavy atom. The number of aryl methyl sites for hydroxylation is 2. The van der Waals surface area contributed by atoms with Crippen molar-refractivity contribution in [1.82, 2.24) is 4.57 Å². The number of halogens is 1. The average molecular weight is 333 g/mol. The lowest BCUT2D eigenvalue weighted by Crippen LogP contribution is -3.11. The van der Waals surface area contributed by atoms with E-state index >= 15 is 0 Å². The van der Waals surface area contributed by atoms with Gasteiger partial charge in [0.05, 0.1) is 22.9 Å². The predicted molar refractivity (Wildman–Crippen MR) is 92.9 cm³/mol. The number of carbonyl (C=O) groups is 1. The van der Waals surface area contributed by atoms with Crippen LogP contribution in [0.4, 0.5) is 5.69 Å². The highest BCUT2D eigenvalue weighted by Gasteiger charge is 2.33. The maximum absolute atomic E-state index is 12.4. The van der Waals surface area contributed by atoms with Crippen LogP contribution < -0.4 is 10.2 Å². The van der Waals surface area contributed by atoms with E-state index in [0.717, 1.165) is 24.9 Å². The molecule has 1 fully saturated rings. The van der Waals surface area contributed by atoms with Crippen LogP contribution in [0, 0.1) is 6.92 Å². The molecule has 1 aromatic heterocycles. The van der Waals surface area contributed by atoms with Crippen molar-refractivity contribution in [3.8, 4) is 0 Å². The number of hydrogen-bond donors (Lipinski definition) is 2. The van der Waals surface area contributed by atoms with E-state index in [1.165, 1.54) is 10.6 Å². The highest BCUT2D eigenvalue weighted by atomic mass is 35.5. The monoisotopic (exact) mass is 332 g/mol. The van der Waals surface area contributed by atoms with E-state index in [9.17, 15) is 4.79 Å². The van der Waals surface area contributed by atoms with Gasteiger partial charge >= 0.3 is 0 Å². The summed E-state index contributed by atoms with van der Waals surface area (Å²) in [6.07, 6.45) is 4.35. The van der Waals surface area contributed by atoms with Crippen LogP contribution in [-0.4, -0.2) is 23.6 Å². The molecule has 1 aliphatic rings. The van der Waals surface area contributed by atoms with Crippen LogP contribution in [0.1, 0.15) is 30.1 Å². The Labute approximate surface area is 142 Å². The molecule has 2 atom stereocenters. The Bertz CT molecular complexity index is 710. The van der Waals surface area contributed by atoms with Crippen LogP contribution in [0.5, 0.6) is 0 Å². The predicted octanol–water partition coefficient (Wildman–Crippen LogP) is 2.35. The molecule has 1 saturated heterocycles. The number of rotatable bonds is 4. The maximum Gasteiger partial charge on any atom is 0.279 e. The normalized spacial score (nSPS) is 20.7. The third kappa shape index (κ3) is 3.59. The highest BCUT2D eigenvalue weighted by Crippen LogP contribution is 2.23. The molecule has 1 aromatic carbocycles. The SMILES string of the molecule is Cc1ccc(NC(=O)C[NH+]2CCC[C@H]2c2cccn2C)c(Cl)c1. The zero-order chi connectivity index (χ0) is 16.4. The molecule has 0 bridgehead atoms. The number of benzene rings is 1. The first-order valence-corrected chi connectivity index (χ1v) is 8.44. The second-order valence-corrected chi connectivity index (χ2v) is 6.76. The summed E-state index contributed by atoms with van der Waals surface area (Å²) in [7, 11) is 2.07. The summed E-state index contributed by atoms with van der Waals surface area (Å²) >= 11 is 6.20. The molecule has 2 heterocycles. The van der Waals surface area contributed by atoms with E-state index < -0.39 is 0 Å². The summed E-state index contributed by atoms with van der Waals surface area (Å²) in [6, 6.07) is 10.3. The first-order valence-electron chi connectivity index (χ1n) is 8.06. The Morgan fingerprint density at radius 3 is 2.96 bits per heavy atom. The zero-order valence-electron chi connectivity index (χ0n) is 13.6. The molecule has 3 rings (SSSR count). The Kier molecular flexibility index (Phi) is 4.74. The van der Waals surface area contributed by atoms with Gasteiger partial charge in [-0.25, -0.2) is 0 Å². The van der Waals surface area contributed by atoms with E-state index in [0.29, 0.717) is 23.3 Å². The summed E-state index contributed by atoms with van der Waals surface area (Å²) in [5.41, 5.74) is 3.08. The molecule has 0 spiro atoms. The maximum atomic E-state index is 12.4. The van der Waals surface area contributed by atoms with Crippen LogP contribution in [0.3, 0.4) is 0 Å². The number of aromatic nitrogens is 1. The fraction of sp³-hybridized carbons (Fsp3) is 0.389. The Balaban J connectivity index is 1.66. The molecule has 1 unspecified atom stereocenters. The van der Waals surface area contributed by atoms with Gasteiger partial charge in [-0.15, -0.1) is 0 Å². The summed E-state index contributed by atoms with van der Waals surface area (Å²) in [5.74, 6) is 0.0202. The van der Waals surface area contributed by atoms with Gasteiger partial charge in [-0.1, -0.05) is 17.7 Å². The second kappa shape index (κ2) is 6.77.